The van der Waals surface area contributed by atoms with Crippen LogP contribution in [0.5, 0.6) is 0 Å². The number of carbonyl (C=O) groups excluding carboxylic acids is 1. The number of piperazine rings is 1. The number of hydrogen-bond donors (Lipinski definition) is 0. The van der Waals surface area contributed by atoms with E-state index in [0.29, 0.717) is 30.8 Å². The first-order valence-corrected chi connectivity index (χ1v) is 11.1. The first-order chi connectivity index (χ1) is 15.6. The number of pyridine rings is 1. The molecule has 0 bridgehead atoms. The monoisotopic (exact) mass is 434 g/mol. The molecular weight excluding hydrogens is 407 g/mol. The molecule has 1 aromatic heterocycles. The number of aryl methyl sites for hydroxylation is 1. The molecule has 5 rings (SSSR count). The molecule has 3 heterocycles. The Morgan fingerprint density at radius 3 is 2.66 bits per heavy atom. The Morgan fingerprint density at radius 1 is 1.03 bits per heavy atom. The molecule has 0 saturated carbocycles. The smallest absolute Gasteiger partial charge is 0.414 e. The molecule has 2 fully saturated rings. The van der Waals surface area contributed by atoms with Gasteiger partial charge in [-0.15, -0.1) is 0 Å². The largest absolute Gasteiger partial charge is 0.447 e. The highest BCUT2D eigenvalue weighted by molar-refractivity contribution is 5.92. The van der Waals surface area contributed by atoms with Crippen LogP contribution in [0.25, 0.3) is 10.9 Å². The number of benzene rings is 2. The summed E-state index contributed by atoms with van der Waals surface area (Å²) in [4.78, 5) is 22.8. The first-order valence-electron chi connectivity index (χ1n) is 11.1. The van der Waals surface area contributed by atoms with Crippen LogP contribution in [-0.2, 0) is 11.2 Å². The number of carbonyl (C=O) groups is 1. The van der Waals surface area contributed by atoms with Crippen molar-refractivity contribution in [3.8, 4) is 0 Å². The van der Waals surface area contributed by atoms with E-state index in [1.54, 1.807) is 17.0 Å². The summed E-state index contributed by atoms with van der Waals surface area (Å²) >= 11 is 0. The average Bonchev–Trinajstić information content (AvgIpc) is 3.24. The topological polar surface area (TPSA) is 48.9 Å². The van der Waals surface area contributed by atoms with Crippen LogP contribution in [0.15, 0.2) is 48.5 Å². The molecule has 7 heteroatoms. The van der Waals surface area contributed by atoms with Crippen molar-refractivity contribution in [2.24, 2.45) is 0 Å². The van der Waals surface area contributed by atoms with Crippen LogP contribution < -0.4 is 9.80 Å². The number of rotatable bonds is 5. The van der Waals surface area contributed by atoms with Gasteiger partial charge in [-0.3, -0.25) is 14.8 Å². The van der Waals surface area contributed by atoms with Crippen LogP contribution in [-0.4, -0.2) is 61.9 Å². The summed E-state index contributed by atoms with van der Waals surface area (Å²) in [6.45, 7) is 7.39. The van der Waals surface area contributed by atoms with Crippen molar-refractivity contribution in [3.63, 3.8) is 0 Å². The maximum atomic E-state index is 14.4. The van der Waals surface area contributed by atoms with Crippen molar-refractivity contribution in [3.05, 3.63) is 65.6 Å². The average molecular weight is 435 g/mol. The predicted molar refractivity (Wildman–Crippen MR) is 124 cm³/mol. The molecule has 1 amide bonds. The van der Waals surface area contributed by atoms with Crippen molar-refractivity contribution >= 4 is 28.4 Å². The van der Waals surface area contributed by atoms with Gasteiger partial charge in [0.25, 0.3) is 0 Å². The molecule has 3 aromatic rings. The van der Waals surface area contributed by atoms with Crippen LogP contribution in [0.4, 0.5) is 20.6 Å². The van der Waals surface area contributed by atoms with E-state index < -0.39 is 0 Å². The number of amides is 1. The van der Waals surface area contributed by atoms with Crippen molar-refractivity contribution in [1.82, 2.24) is 9.88 Å². The quantitative estimate of drug-likeness (QED) is 0.608. The first kappa shape index (κ1) is 20.7. The van der Waals surface area contributed by atoms with Crippen molar-refractivity contribution in [1.29, 1.82) is 0 Å². The van der Waals surface area contributed by atoms with E-state index in [0.717, 1.165) is 43.9 Å². The van der Waals surface area contributed by atoms with Gasteiger partial charge >= 0.3 is 6.09 Å². The lowest BCUT2D eigenvalue weighted by atomic mass is 10.1. The zero-order valence-corrected chi connectivity index (χ0v) is 18.3. The fourth-order valence-corrected chi connectivity index (χ4v) is 4.56. The number of anilines is 2. The molecule has 0 radical (unpaired) electrons. The van der Waals surface area contributed by atoms with Gasteiger partial charge < -0.3 is 9.64 Å². The number of nitrogens with zero attached hydrogens (tertiary/aromatic N) is 4. The summed E-state index contributed by atoms with van der Waals surface area (Å²) < 4.78 is 19.4. The second-order valence-corrected chi connectivity index (χ2v) is 8.42. The Labute approximate surface area is 187 Å². The lowest BCUT2D eigenvalue weighted by Gasteiger charge is -2.36. The summed E-state index contributed by atoms with van der Waals surface area (Å²) in [5, 5.41) is 1.19. The minimum atomic E-state index is -0.363. The van der Waals surface area contributed by atoms with Crippen LogP contribution in [0.3, 0.4) is 0 Å². The maximum absolute atomic E-state index is 14.4. The highest BCUT2D eigenvalue weighted by Crippen LogP contribution is 2.27. The van der Waals surface area contributed by atoms with Gasteiger partial charge in [0.05, 0.1) is 12.1 Å². The zero-order chi connectivity index (χ0) is 22.1. The zero-order valence-electron chi connectivity index (χ0n) is 18.3. The van der Waals surface area contributed by atoms with Gasteiger partial charge in [-0.1, -0.05) is 6.07 Å². The van der Waals surface area contributed by atoms with E-state index in [-0.39, 0.29) is 11.9 Å². The van der Waals surface area contributed by atoms with Crippen molar-refractivity contribution in [2.75, 3.05) is 55.7 Å². The normalized spacial score (nSPS) is 17.2. The summed E-state index contributed by atoms with van der Waals surface area (Å²) in [6, 6.07) is 15.4. The summed E-state index contributed by atoms with van der Waals surface area (Å²) in [7, 11) is 0. The van der Waals surface area contributed by atoms with E-state index in [1.807, 2.05) is 6.92 Å². The van der Waals surface area contributed by atoms with Gasteiger partial charge in [0.2, 0.25) is 0 Å². The highest BCUT2D eigenvalue weighted by Gasteiger charge is 2.24. The van der Waals surface area contributed by atoms with E-state index >= 15 is 0 Å². The lowest BCUT2D eigenvalue weighted by Crippen LogP contribution is -2.47. The molecule has 6 nitrogen and oxygen atoms in total. The van der Waals surface area contributed by atoms with Gasteiger partial charge in [-0.05, 0) is 61.4 Å². The Bertz CT molecular complexity index is 1140. The Balaban J connectivity index is 1.21. The van der Waals surface area contributed by atoms with E-state index in [9.17, 15) is 9.18 Å². The molecule has 0 aliphatic carbocycles. The Morgan fingerprint density at radius 2 is 1.88 bits per heavy atom. The SMILES string of the molecule is Cc1ccc2c(N3CCN(CCc4cc(N5CCOC5=O)ccc4F)CC3)cccc2n1. The Kier molecular flexibility index (Phi) is 5.66. The molecule has 2 aromatic carbocycles. The number of halogens is 1. The second-order valence-electron chi connectivity index (χ2n) is 8.42. The molecular formula is C25H27FN4O2. The van der Waals surface area contributed by atoms with Gasteiger partial charge in [0.1, 0.15) is 12.4 Å². The molecule has 32 heavy (non-hydrogen) atoms. The van der Waals surface area contributed by atoms with E-state index in [4.69, 9.17) is 4.74 Å². The van der Waals surface area contributed by atoms with Crippen molar-refractivity contribution in [2.45, 2.75) is 13.3 Å². The van der Waals surface area contributed by atoms with E-state index in [1.165, 1.54) is 17.1 Å². The molecule has 0 unspecified atom stereocenters. The van der Waals surface area contributed by atoms with Crippen molar-refractivity contribution < 1.29 is 13.9 Å². The fraction of sp³-hybridized carbons (Fsp3) is 0.360. The predicted octanol–water partition coefficient (Wildman–Crippen LogP) is 4.00. The van der Waals surface area contributed by atoms with Gasteiger partial charge in [-0.2, -0.15) is 0 Å². The number of ether oxygens (including phenoxy) is 1. The fourth-order valence-electron chi connectivity index (χ4n) is 4.56. The third-order valence-corrected chi connectivity index (χ3v) is 6.36. The highest BCUT2D eigenvalue weighted by atomic mass is 19.1. The minimum Gasteiger partial charge on any atom is -0.447 e. The van der Waals surface area contributed by atoms with Gasteiger partial charge in [0, 0.05) is 55.2 Å². The molecule has 2 saturated heterocycles. The molecule has 2 aliphatic rings. The summed E-state index contributed by atoms with van der Waals surface area (Å²) in [5.74, 6) is -0.224. The molecule has 0 spiro atoms. The lowest BCUT2D eigenvalue weighted by molar-refractivity contribution is 0.181. The second kappa shape index (κ2) is 8.74. The molecule has 0 N–H and O–H groups in total. The minimum absolute atomic E-state index is 0.224. The number of cyclic esters (lactones) is 1. The van der Waals surface area contributed by atoms with Gasteiger partial charge in [-0.25, -0.2) is 9.18 Å². The third kappa shape index (κ3) is 4.12. The van der Waals surface area contributed by atoms with Crippen LogP contribution in [0, 0.1) is 12.7 Å². The number of aromatic nitrogens is 1. The maximum Gasteiger partial charge on any atom is 0.414 e. The Hall–Kier alpha value is -3.19. The standard InChI is InChI=1S/C25H27FN4O2/c1-18-5-7-21-23(27-18)3-2-4-24(21)29-13-11-28(12-14-29)10-9-19-17-20(6-8-22(19)26)30-15-16-32-25(30)31/h2-8,17H,9-16H2,1H3. The van der Waals surface area contributed by atoms with E-state index in [2.05, 4.69) is 45.1 Å². The number of hydrogen-bond acceptors (Lipinski definition) is 5. The van der Waals surface area contributed by atoms with Crippen LogP contribution in [0.2, 0.25) is 0 Å². The summed E-state index contributed by atoms with van der Waals surface area (Å²) in [6.07, 6.45) is 0.248. The molecule has 166 valence electrons. The van der Waals surface area contributed by atoms with Gasteiger partial charge in [0.15, 0.2) is 0 Å². The van der Waals surface area contributed by atoms with Crippen LogP contribution in [0.1, 0.15) is 11.3 Å². The molecule has 2 aliphatic heterocycles. The third-order valence-electron chi connectivity index (χ3n) is 6.36. The summed E-state index contributed by atoms with van der Waals surface area (Å²) in [5.41, 5.74) is 4.62. The van der Waals surface area contributed by atoms with Crippen LogP contribution >= 0.6 is 0 Å². The number of fused-ring (bicyclic) bond motifs is 1. The molecule has 0 atom stereocenters.